The highest BCUT2D eigenvalue weighted by Gasteiger charge is 2.14. The average Bonchev–Trinajstić information content (AvgIpc) is 3.24. The lowest BCUT2D eigenvalue weighted by atomic mass is 10.2. The summed E-state index contributed by atoms with van der Waals surface area (Å²) in [4.78, 5) is 4.41. The smallest absolute Gasteiger partial charge is 0.258 e. The van der Waals surface area contributed by atoms with Crippen molar-refractivity contribution in [3.05, 3.63) is 83.9 Å². The molecule has 0 amide bonds. The molecule has 0 fully saturated rings. The van der Waals surface area contributed by atoms with E-state index in [1.54, 1.807) is 18.2 Å². The van der Waals surface area contributed by atoms with Crippen LogP contribution in [0.2, 0.25) is 0 Å². The Labute approximate surface area is 165 Å². The van der Waals surface area contributed by atoms with Gasteiger partial charge in [0.05, 0.1) is 7.11 Å². The Kier molecular flexibility index (Phi) is 5.20. The first-order chi connectivity index (χ1) is 14.1. The van der Waals surface area contributed by atoms with Crippen molar-refractivity contribution in [3.63, 3.8) is 0 Å². The fourth-order valence-electron chi connectivity index (χ4n) is 2.76. The van der Waals surface area contributed by atoms with Crippen LogP contribution in [0.3, 0.4) is 0 Å². The number of benzene rings is 3. The summed E-state index contributed by atoms with van der Waals surface area (Å²) in [6, 6.07) is 17.9. The minimum Gasteiger partial charge on any atom is -0.493 e. The van der Waals surface area contributed by atoms with Crippen LogP contribution in [0.4, 0.5) is 8.78 Å². The molecule has 0 unspecified atom stereocenters. The van der Waals surface area contributed by atoms with Gasteiger partial charge in [-0.3, -0.25) is 0 Å². The van der Waals surface area contributed by atoms with Crippen LogP contribution in [0.25, 0.3) is 22.8 Å². The van der Waals surface area contributed by atoms with Crippen LogP contribution >= 0.6 is 0 Å². The first kappa shape index (κ1) is 18.6. The zero-order chi connectivity index (χ0) is 20.2. The molecule has 0 aliphatic rings. The Morgan fingerprint density at radius 2 is 1.72 bits per heavy atom. The normalized spacial score (nSPS) is 10.7. The molecular formula is C22H16F2N2O3. The molecule has 0 radical (unpaired) electrons. The second kappa shape index (κ2) is 8.10. The molecule has 0 saturated heterocycles. The molecule has 1 aromatic heterocycles. The lowest BCUT2D eigenvalue weighted by Gasteiger charge is -2.12. The fourth-order valence-corrected chi connectivity index (χ4v) is 2.76. The van der Waals surface area contributed by atoms with Gasteiger partial charge in [-0.1, -0.05) is 23.4 Å². The van der Waals surface area contributed by atoms with Crippen LogP contribution in [-0.4, -0.2) is 17.3 Å². The van der Waals surface area contributed by atoms with Crippen molar-refractivity contribution in [1.29, 1.82) is 0 Å². The lowest BCUT2D eigenvalue weighted by molar-refractivity contribution is 0.279. The van der Waals surface area contributed by atoms with Crippen molar-refractivity contribution in [2.75, 3.05) is 7.11 Å². The van der Waals surface area contributed by atoms with Gasteiger partial charge in [-0.05, 0) is 42.5 Å². The summed E-state index contributed by atoms with van der Waals surface area (Å²) in [5, 5.41) is 4.01. The number of hydrogen-bond donors (Lipinski definition) is 0. The number of halogens is 2. The largest absolute Gasteiger partial charge is 0.493 e. The summed E-state index contributed by atoms with van der Waals surface area (Å²) in [6.07, 6.45) is 0. The molecule has 29 heavy (non-hydrogen) atoms. The molecule has 0 bridgehead atoms. The minimum absolute atomic E-state index is 0.0673. The molecule has 4 aromatic rings. The van der Waals surface area contributed by atoms with Gasteiger partial charge >= 0.3 is 0 Å². The molecule has 0 aliphatic heterocycles. The summed E-state index contributed by atoms with van der Waals surface area (Å²) in [5.74, 6) is 0.344. The lowest BCUT2D eigenvalue weighted by Crippen LogP contribution is -2.00. The third kappa shape index (κ3) is 4.08. The number of ether oxygens (including phenoxy) is 2. The summed E-state index contributed by atoms with van der Waals surface area (Å²) < 4.78 is 43.2. The van der Waals surface area contributed by atoms with Crippen LogP contribution in [0.1, 0.15) is 5.56 Å². The van der Waals surface area contributed by atoms with Crippen LogP contribution in [0.15, 0.2) is 71.3 Å². The molecule has 146 valence electrons. The Morgan fingerprint density at radius 1 is 0.897 bits per heavy atom. The zero-order valence-electron chi connectivity index (χ0n) is 15.4. The number of aromatic nitrogens is 2. The quantitative estimate of drug-likeness (QED) is 0.446. The molecule has 1 heterocycles. The molecule has 7 heteroatoms. The molecule has 3 aromatic carbocycles. The standard InChI is InChI=1S/C22H16F2N2O3/c1-27-20-11-15(21-25-22(29-26-21)14-5-3-2-4-6-14)8-10-19(20)28-13-16-7-9-17(23)12-18(16)24/h2-12H,13H2,1H3. The predicted molar refractivity (Wildman–Crippen MR) is 102 cm³/mol. The second-order valence-corrected chi connectivity index (χ2v) is 6.18. The van der Waals surface area contributed by atoms with Gasteiger partial charge in [-0.2, -0.15) is 4.98 Å². The van der Waals surface area contributed by atoms with Crippen molar-refractivity contribution in [3.8, 4) is 34.3 Å². The van der Waals surface area contributed by atoms with Crippen LogP contribution in [0, 0.1) is 11.6 Å². The van der Waals surface area contributed by atoms with E-state index in [-0.39, 0.29) is 12.2 Å². The minimum atomic E-state index is -0.666. The summed E-state index contributed by atoms with van der Waals surface area (Å²) in [5.41, 5.74) is 1.73. The van der Waals surface area contributed by atoms with Gasteiger partial charge in [0.1, 0.15) is 18.2 Å². The molecule has 5 nitrogen and oxygen atoms in total. The molecule has 4 rings (SSSR count). The van der Waals surface area contributed by atoms with E-state index >= 15 is 0 Å². The van der Waals surface area contributed by atoms with Crippen molar-refractivity contribution in [2.24, 2.45) is 0 Å². The topological polar surface area (TPSA) is 57.4 Å². The number of rotatable bonds is 6. The van der Waals surface area contributed by atoms with Gasteiger partial charge in [0.2, 0.25) is 5.82 Å². The van der Waals surface area contributed by atoms with Gasteiger partial charge in [0.25, 0.3) is 5.89 Å². The molecular weight excluding hydrogens is 378 g/mol. The maximum absolute atomic E-state index is 13.8. The van der Waals surface area contributed by atoms with Crippen molar-refractivity contribution in [1.82, 2.24) is 10.1 Å². The average molecular weight is 394 g/mol. The fraction of sp³-hybridized carbons (Fsp3) is 0.0909. The monoisotopic (exact) mass is 394 g/mol. The van der Waals surface area contributed by atoms with Gasteiger partial charge in [-0.15, -0.1) is 0 Å². The van der Waals surface area contributed by atoms with E-state index in [9.17, 15) is 8.78 Å². The van der Waals surface area contributed by atoms with Crippen LogP contribution in [-0.2, 0) is 6.61 Å². The maximum Gasteiger partial charge on any atom is 0.258 e. The maximum atomic E-state index is 13.8. The Hall–Kier alpha value is -3.74. The van der Waals surface area contributed by atoms with Gasteiger partial charge < -0.3 is 14.0 Å². The Morgan fingerprint density at radius 3 is 2.48 bits per heavy atom. The summed E-state index contributed by atoms with van der Waals surface area (Å²) >= 11 is 0. The van der Waals surface area contributed by atoms with Crippen LogP contribution < -0.4 is 9.47 Å². The molecule has 0 spiro atoms. The molecule has 0 N–H and O–H groups in total. The van der Waals surface area contributed by atoms with E-state index in [4.69, 9.17) is 14.0 Å². The van der Waals surface area contributed by atoms with E-state index in [0.29, 0.717) is 28.8 Å². The zero-order valence-corrected chi connectivity index (χ0v) is 15.4. The third-order valence-electron chi connectivity index (χ3n) is 4.27. The van der Waals surface area contributed by atoms with E-state index < -0.39 is 11.6 Å². The van der Waals surface area contributed by atoms with E-state index in [0.717, 1.165) is 11.6 Å². The van der Waals surface area contributed by atoms with Crippen LogP contribution in [0.5, 0.6) is 11.5 Å². The highest BCUT2D eigenvalue weighted by molar-refractivity contribution is 5.63. The van der Waals surface area contributed by atoms with E-state index in [1.165, 1.54) is 19.2 Å². The highest BCUT2D eigenvalue weighted by Crippen LogP contribution is 2.33. The second-order valence-electron chi connectivity index (χ2n) is 6.18. The Balaban J connectivity index is 1.54. The van der Waals surface area contributed by atoms with Gasteiger partial charge in [-0.25, -0.2) is 8.78 Å². The first-order valence-electron chi connectivity index (χ1n) is 8.78. The third-order valence-corrected chi connectivity index (χ3v) is 4.27. The number of hydrogen-bond acceptors (Lipinski definition) is 5. The summed E-state index contributed by atoms with van der Waals surface area (Å²) in [7, 11) is 1.50. The highest BCUT2D eigenvalue weighted by atomic mass is 19.1. The first-order valence-corrected chi connectivity index (χ1v) is 8.78. The van der Waals surface area contributed by atoms with E-state index in [1.807, 2.05) is 30.3 Å². The van der Waals surface area contributed by atoms with Gasteiger partial charge in [0, 0.05) is 22.8 Å². The SMILES string of the molecule is COc1cc(-c2noc(-c3ccccc3)n2)ccc1OCc1ccc(F)cc1F. The molecule has 0 saturated carbocycles. The molecule has 0 aliphatic carbocycles. The molecule has 0 atom stereocenters. The van der Waals surface area contributed by atoms with Crippen molar-refractivity contribution >= 4 is 0 Å². The van der Waals surface area contributed by atoms with Crippen molar-refractivity contribution in [2.45, 2.75) is 6.61 Å². The number of nitrogens with zero attached hydrogens (tertiary/aromatic N) is 2. The predicted octanol–water partition coefficient (Wildman–Crippen LogP) is 5.27. The Bertz CT molecular complexity index is 1130. The summed E-state index contributed by atoms with van der Waals surface area (Å²) in [6.45, 7) is -0.0673. The van der Waals surface area contributed by atoms with Gasteiger partial charge in [0.15, 0.2) is 11.5 Å². The number of methoxy groups -OCH3 is 1. The van der Waals surface area contributed by atoms with Crippen molar-refractivity contribution < 1.29 is 22.8 Å². The van der Waals surface area contributed by atoms with E-state index in [2.05, 4.69) is 10.1 Å².